The average Bonchev–Trinajstić information content (AvgIpc) is 2.83. The lowest BCUT2D eigenvalue weighted by atomic mass is 9.90. The summed E-state index contributed by atoms with van der Waals surface area (Å²) in [6, 6.07) is 7.47. The summed E-state index contributed by atoms with van der Waals surface area (Å²) in [5.74, 6) is -0.982. The second-order valence-corrected chi connectivity index (χ2v) is 9.11. The number of benzene rings is 1. The molecule has 0 bridgehead atoms. The van der Waals surface area contributed by atoms with Gasteiger partial charge in [-0.2, -0.15) is 4.98 Å². The Labute approximate surface area is 198 Å². The second-order valence-electron chi connectivity index (χ2n) is 9.11. The van der Waals surface area contributed by atoms with Crippen molar-refractivity contribution in [1.82, 2.24) is 9.55 Å². The molecular formula is C26H31N3O5. The number of aliphatic hydroxyl groups is 1. The van der Waals surface area contributed by atoms with E-state index >= 15 is 0 Å². The molecule has 0 saturated carbocycles. The molecule has 1 aliphatic rings. The van der Waals surface area contributed by atoms with Gasteiger partial charge >= 0.3 is 5.97 Å². The normalized spacial score (nSPS) is 14.1. The van der Waals surface area contributed by atoms with Crippen LogP contribution in [0.4, 0.5) is 5.69 Å². The number of anilines is 1. The topological polar surface area (TPSA) is 114 Å². The number of rotatable bonds is 8. The van der Waals surface area contributed by atoms with Crippen molar-refractivity contribution in [3.05, 3.63) is 62.9 Å². The molecule has 0 fully saturated rings. The van der Waals surface area contributed by atoms with E-state index in [1.54, 1.807) is 10.6 Å². The highest BCUT2D eigenvalue weighted by Crippen LogP contribution is 2.30. The average molecular weight is 466 g/mol. The van der Waals surface area contributed by atoms with Crippen LogP contribution in [0.1, 0.15) is 59.8 Å². The van der Waals surface area contributed by atoms with Gasteiger partial charge in [-0.25, -0.2) is 4.79 Å². The Morgan fingerprint density at radius 2 is 2.03 bits per heavy atom. The monoisotopic (exact) mass is 465 g/mol. The molecular weight excluding hydrogens is 434 g/mol. The first-order chi connectivity index (χ1) is 16.3. The van der Waals surface area contributed by atoms with Gasteiger partial charge in [0, 0.05) is 24.0 Å². The molecule has 8 heteroatoms. The van der Waals surface area contributed by atoms with E-state index in [9.17, 15) is 19.8 Å². The van der Waals surface area contributed by atoms with Gasteiger partial charge in [0.2, 0.25) is 11.3 Å². The van der Waals surface area contributed by atoms with Crippen LogP contribution in [0, 0.1) is 5.92 Å². The first-order valence-electron chi connectivity index (χ1n) is 11.7. The Balaban J connectivity index is 1.82. The summed E-state index contributed by atoms with van der Waals surface area (Å²) in [6.07, 6.45) is 5.73. The third-order valence-electron chi connectivity index (χ3n) is 6.65. The molecule has 0 amide bonds. The van der Waals surface area contributed by atoms with Crippen molar-refractivity contribution in [2.45, 2.75) is 52.1 Å². The zero-order valence-corrected chi connectivity index (χ0v) is 19.8. The number of methoxy groups -OCH3 is 1. The lowest BCUT2D eigenvalue weighted by molar-refractivity contribution is 0.0694. The molecule has 34 heavy (non-hydrogen) atoms. The molecule has 1 aromatic carbocycles. The SMILES string of the molecule is COc1nc2c(cc1CNc1cccc3c1CCCC3)c(=O)c(C(=O)O)cn2[C@H](CO)C(C)C. The number of hydrogen-bond donors (Lipinski definition) is 3. The van der Waals surface area contributed by atoms with Crippen LogP contribution < -0.4 is 15.5 Å². The van der Waals surface area contributed by atoms with Gasteiger partial charge in [0.05, 0.1) is 25.1 Å². The van der Waals surface area contributed by atoms with Gasteiger partial charge in [0.1, 0.15) is 11.2 Å². The molecule has 3 N–H and O–H groups in total. The van der Waals surface area contributed by atoms with Crippen molar-refractivity contribution < 1.29 is 19.7 Å². The van der Waals surface area contributed by atoms with Crippen LogP contribution in [0.25, 0.3) is 11.0 Å². The van der Waals surface area contributed by atoms with E-state index in [2.05, 4.69) is 22.4 Å². The fourth-order valence-corrected chi connectivity index (χ4v) is 4.76. The van der Waals surface area contributed by atoms with E-state index < -0.39 is 17.4 Å². The van der Waals surface area contributed by atoms with E-state index in [4.69, 9.17) is 4.74 Å². The largest absolute Gasteiger partial charge is 0.481 e. The zero-order chi connectivity index (χ0) is 24.4. The van der Waals surface area contributed by atoms with Crippen molar-refractivity contribution >= 4 is 22.7 Å². The molecule has 2 heterocycles. The highest BCUT2D eigenvalue weighted by Gasteiger charge is 2.23. The maximum atomic E-state index is 13.1. The molecule has 8 nitrogen and oxygen atoms in total. The lowest BCUT2D eigenvalue weighted by Gasteiger charge is -2.24. The molecule has 0 aliphatic heterocycles. The molecule has 0 saturated heterocycles. The van der Waals surface area contributed by atoms with Gasteiger partial charge < -0.3 is 24.8 Å². The smallest absolute Gasteiger partial charge is 0.341 e. The minimum absolute atomic E-state index is 0.0178. The van der Waals surface area contributed by atoms with E-state index in [1.165, 1.54) is 30.9 Å². The van der Waals surface area contributed by atoms with Crippen LogP contribution in [0.5, 0.6) is 5.88 Å². The quantitative estimate of drug-likeness (QED) is 0.464. The third kappa shape index (κ3) is 4.37. The molecule has 1 atom stereocenters. The predicted octanol–water partition coefficient (Wildman–Crippen LogP) is 3.78. The molecule has 2 aromatic heterocycles. The number of carboxylic acids is 1. The number of nitrogens with zero attached hydrogens (tertiary/aromatic N) is 2. The zero-order valence-electron chi connectivity index (χ0n) is 19.8. The predicted molar refractivity (Wildman–Crippen MR) is 131 cm³/mol. The minimum Gasteiger partial charge on any atom is -0.481 e. The van der Waals surface area contributed by atoms with Crippen LogP contribution in [0.2, 0.25) is 0 Å². The second kappa shape index (κ2) is 9.85. The standard InChI is InChI=1S/C26H31N3O5/c1-15(2)22(14-30)29-13-20(26(32)33)23(31)19-11-17(25(34-3)28-24(19)29)12-27-21-10-6-8-16-7-4-5-9-18(16)21/h6,8,10-11,13,15,22,27,30H,4-5,7,9,12,14H2,1-3H3,(H,32,33)/t22-/m1/s1. The number of ether oxygens (including phenoxy) is 1. The van der Waals surface area contributed by atoms with Crippen LogP contribution in [-0.2, 0) is 19.4 Å². The number of carboxylic acid groups (broad SMARTS) is 1. The van der Waals surface area contributed by atoms with Crippen LogP contribution in [0.3, 0.4) is 0 Å². The van der Waals surface area contributed by atoms with Crippen molar-refractivity contribution in [2.75, 3.05) is 19.0 Å². The molecule has 3 aromatic rings. The van der Waals surface area contributed by atoms with E-state index in [1.807, 2.05) is 19.9 Å². The number of nitrogens with one attached hydrogen (secondary N) is 1. The molecule has 1 aliphatic carbocycles. The number of aromatic carboxylic acids is 1. The number of pyridine rings is 2. The van der Waals surface area contributed by atoms with Crippen LogP contribution in [-0.4, -0.2) is 39.5 Å². The number of aryl methyl sites for hydroxylation is 1. The molecule has 0 spiro atoms. The third-order valence-corrected chi connectivity index (χ3v) is 6.65. The summed E-state index contributed by atoms with van der Waals surface area (Å²) in [7, 11) is 1.52. The van der Waals surface area contributed by atoms with E-state index in [-0.39, 0.29) is 23.5 Å². The Kier molecular flexibility index (Phi) is 6.88. The summed E-state index contributed by atoms with van der Waals surface area (Å²) < 4.78 is 7.14. The highest BCUT2D eigenvalue weighted by molar-refractivity contribution is 5.92. The molecule has 4 rings (SSSR count). The number of hydrogen-bond acceptors (Lipinski definition) is 6. The lowest BCUT2D eigenvalue weighted by Crippen LogP contribution is -2.26. The molecule has 0 unspecified atom stereocenters. The summed E-state index contributed by atoms with van der Waals surface area (Å²) in [4.78, 5) is 29.5. The number of fused-ring (bicyclic) bond motifs is 2. The van der Waals surface area contributed by atoms with E-state index in [0.717, 1.165) is 24.9 Å². The molecule has 180 valence electrons. The summed E-state index contributed by atoms with van der Waals surface area (Å²) in [5, 5.41) is 23.3. The fourth-order valence-electron chi connectivity index (χ4n) is 4.76. The van der Waals surface area contributed by atoms with Crippen molar-refractivity contribution in [3.63, 3.8) is 0 Å². The van der Waals surface area contributed by atoms with Crippen molar-refractivity contribution in [2.24, 2.45) is 5.92 Å². The maximum absolute atomic E-state index is 13.1. The Bertz CT molecular complexity index is 1280. The summed E-state index contributed by atoms with van der Waals surface area (Å²) in [6.45, 7) is 3.98. The van der Waals surface area contributed by atoms with Gasteiger partial charge in [0.25, 0.3) is 0 Å². The number of carbonyl (C=O) groups is 1. The molecule has 0 radical (unpaired) electrons. The Hall–Kier alpha value is -3.39. The van der Waals surface area contributed by atoms with Crippen LogP contribution in [0.15, 0.2) is 35.3 Å². The number of aliphatic hydroxyl groups excluding tert-OH is 1. The summed E-state index contributed by atoms with van der Waals surface area (Å²) in [5.41, 5.74) is 3.72. The first kappa shape index (κ1) is 23.8. The highest BCUT2D eigenvalue weighted by atomic mass is 16.5. The van der Waals surface area contributed by atoms with Gasteiger partial charge in [0.15, 0.2) is 0 Å². The van der Waals surface area contributed by atoms with Gasteiger partial charge in [-0.15, -0.1) is 0 Å². The maximum Gasteiger partial charge on any atom is 0.341 e. The Morgan fingerprint density at radius 3 is 2.71 bits per heavy atom. The van der Waals surface area contributed by atoms with Crippen molar-refractivity contribution in [1.29, 1.82) is 0 Å². The van der Waals surface area contributed by atoms with E-state index in [0.29, 0.717) is 23.6 Å². The number of aromatic nitrogens is 2. The van der Waals surface area contributed by atoms with Gasteiger partial charge in [-0.05, 0) is 54.9 Å². The first-order valence-corrected chi connectivity index (χ1v) is 11.7. The van der Waals surface area contributed by atoms with Gasteiger partial charge in [-0.1, -0.05) is 26.0 Å². The Morgan fingerprint density at radius 1 is 1.26 bits per heavy atom. The van der Waals surface area contributed by atoms with Crippen molar-refractivity contribution in [3.8, 4) is 5.88 Å². The van der Waals surface area contributed by atoms with Gasteiger partial charge in [-0.3, -0.25) is 4.79 Å². The minimum atomic E-state index is -1.31. The van der Waals surface area contributed by atoms with Crippen LogP contribution >= 0.6 is 0 Å². The summed E-state index contributed by atoms with van der Waals surface area (Å²) >= 11 is 0. The fraction of sp³-hybridized carbons (Fsp3) is 0.423.